The molecule has 21 heavy (non-hydrogen) atoms. The van der Waals surface area contributed by atoms with Crippen molar-refractivity contribution in [2.24, 2.45) is 0 Å². The van der Waals surface area contributed by atoms with Crippen molar-refractivity contribution in [3.05, 3.63) is 39.9 Å². The lowest BCUT2D eigenvalue weighted by Gasteiger charge is -2.15. The molecule has 3 rings (SSSR count). The highest BCUT2D eigenvalue weighted by Crippen LogP contribution is 2.25. The minimum absolute atomic E-state index is 0.149. The van der Waals surface area contributed by atoms with Crippen LogP contribution in [0.4, 0.5) is 0 Å². The van der Waals surface area contributed by atoms with Crippen molar-refractivity contribution in [3.8, 4) is 0 Å². The fourth-order valence-corrected chi connectivity index (χ4v) is 3.23. The van der Waals surface area contributed by atoms with E-state index in [4.69, 9.17) is 0 Å². The smallest absolute Gasteiger partial charge is 0.228 e. The molecule has 1 atom stereocenters. The van der Waals surface area contributed by atoms with E-state index < -0.39 is 0 Å². The third kappa shape index (κ3) is 3.26. The molecule has 1 amide bonds. The first-order valence-corrected chi connectivity index (χ1v) is 7.98. The van der Waals surface area contributed by atoms with Crippen molar-refractivity contribution < 1.29 is 4.79 Å². The van der Waals surface area contributed by atoms with Crippen LogP contribution in [0.15, 0.2) is 17.6 Å². The Morgan fingerprint density at radius 3 is 3.00 bits per heavy atom. The van der Waals surface area contributed by atoms with Crippen LogP contribution in [0, 0.1) is 13.8 Å². The van der Waals surface area contributed by atoms with Gasteiger partial charge in [-0.05, 0) is 26.3 Å². The average Bonchev–Trinajstić information content (AvgIpc) is 3.08. The van der Waals surface area contributed by atoms with Gasteiger partial charge in [0.05, 0.1) is 17.1 Å². The second kappa shape index (κ2) is 5.89. The quantitative estimate of drug-likeness (QED) is 0.871. The number of carbonyl (C=O) groups is 1. The molecular formula is C15H18N4OS. The second-order valence-electron chi connectivity index (χ2n) is 5.42. The van der Waals surface area contributed by atoms with E-state index in [1.54, 1.807) is 17.5 Å². The van der Waals surface area contributed by atoms with Crippen molar-refractivity contribution in [3.63, 3.8) is 0 Å². The molecule has 2 aromatic heterocycles. The fraction of sp³-hybridized carbons (Fsp3) is 0.467. The molecule has 1 saturated heterocycles. The van der Waals surface area contributed by atoms with Crippen LogP contribution in [0.25, 0.3) is 0 Å². The highest BCUT2D eigenvalue weighted by Gasteiger charge is 2.29. The Kier molecular flexibility index (Phi) is 3.96. The zero-order valence-electron chi connectivity index (χ0n) is 12.2. The van der Waals surface area contributed by atoms with Crippen LogP contribution in [-0.2, 0) is 11.2 Å². The number of nitrogens with zero attached hydrogens (tertiary/aromatic N) is 4. The molecule has 0 bridgehead atoms. The van der Waals surface area contributed by atoms with Crippen LogP contribution < -0.4 is 0 Å². The zero-order valence-corrected chi connectivity index (χ0v) is 13.1. The predicted octanol–water partition coefficient (Wildman–Crippen LogP) is 2.11. The molecule has 0 spiro atoms. The summed E-state index contributed by atoms with van der Waals surface area (Å²) in [6.07, 6.45) is 3.12. The fourth-order valence-electron chi connectivity index (χ4n) is 2.62. The first kappa shape index (κ1) is 14.1. The van der Waals surface area contributed by atoms with Crippen LogP contribution in [0.3, 0.4) is 0 Å². The van der Waals surface area contributed by atoms with E-state index in [1.807, 2.05) is 30.2 Å². The van der Waals surface area contributed by atoms with Gasteiger partial charge in [0.25, 0.3) is 0 Å². The molecule has 1 aliphatic heterocycles. The zero-order chi connectivity index (χ0) is 14.8. The Morgan fingerprint density at radius 2 is 2.29 bits per heavy atom. The van der Waals surface area contributed by atoms with Crippen LogP contribution in [-0.4, -0.2) is 38.8 Å². The summed E-state index contributed by atoms with van der Waals surface area (Å²) in [6.45, 7) is 5.42. The standard InChI is InChI=1S/C15H18N4OS/c1-10-3-5-16-15(17-10)12-4-6-19(8-12)14(20)7-13-9-21-11(2)18-13/h3,5,9,12H,4,6-8H2,1-2H3/t12-/m0/s1. The molecule has 3 heterocycles. The normalized spacial score (nSPS) is 18.2. The van der Waals surface area contributed by atoms with Gasteiger partial charge in [0, 0.05) is 36.3 Å². The number of carbonyl (C=O) groups excluding carboxylic acids is 1. The van der Waals surface area contributed by atoms with Crippen LogP contribution in [0.1, 0.15) is 34.6 Å². The SMILES string of the molecule is Cc1ccnc([C@H]2CCN(C(=O)Cc3csc(C)n3)C2)n1. The van der Waals surface area contributed by atoms with Gasteiger partial charge in [-0.3, -0.25) is 4.79 Å². The molecule has 110 valence electrons. The van der Waals surface area contributed by atoms with E-state index in [0.29, 0.717) is 13.0 Å². The van der Waals surface area contributed by atoms with Gasteiger partial charge < -0.3 is 4.90 Å². The van der Waals surface area contributed by atoms with Gasteiger partial charge >= 0.3 is 0 Å². The summed E-state index contributed by atoms with van der Waals surface area (Å²) in [6, 6.07) is 1.89. The molecule has 0 saturated carbocycles. The minimum Gasteiger partial charge on any atom is -0.342 e. The van der Waals surface area contributed by atoms with Crippen molar-refractivity contribution in [1.82, 2.24) is 19.9 Å². The number of rotatable bonds is 3. The maximum atomic E-state index is 12.3. The molecule has 0 radical (unpaired) electrons. The lowest BCUT2D eigenvalue weighted by molar-refractivity contribution is -0.129. The van der Waals surface area contributed by atoms with Crippen molar-refractivity contribution in [2.75, 3.05) is 13.1 Å². The van der Waals surface area contributed by atoms with E-state index >= 15 is 0 Å². The van der Waals surface area contributed by atoms with Gasteiger partial charge in [0.2, 0.25) is 5.91 Å². The highest BCUT2D eigenvalue weighted by molar-refractivity contribution is 7.09. The van der Waals surface area contributed by atoms with Gasteiger partial charge in [0.15, 0.2) is 0 Å². The summed E-state index contributed by atoms with van der Waals surface area (Å²) in [7, 11) is 0. The number of hydrogen-bond donors (Lipinski definition) is 0. The Hall–Kier alpha value is -1.82. The molecular weight excluding hydrogens is 284 g/mol. The molecule has 2 aromatic rings. The molecule has 5 nitrogen and oxygen atoms in total. The lowest BCUT2D eigenvalue weighted by atomic mass is 10.1. The Labute approximate surface area is 128 Å². The maximum absolute atomic E-state index is 12.3. The number of hydrogen-bond acceptors (Lipinski definition) is 5. The number of aryl methyl sites for hydroxylation is 2. The summed E-state index contributed by atoms with van der Waals surface area (Å²) < 4.78 is 0. The summed E-state index contributed by atoms with van der Waals surface area (Å²) in [5.74, 6) is 1.26. The molecule has 0 unspecified atom stereocenters. The number of likely N-dealkylation sites (tertiary alicyclic amines) is 1. The number of amides is 1. The van der Waals surface area contributed by atoms with Gasteiger partial charge in [0.1, 0.15) is 5.82 Å². The largest absolute Gasteiger partial charge is 0.342 e. The van der Waals surface area contributed by atoms with Gasteiger partial charge in [-0.25, -0.2) is 15.0 Å². The maximum Gasteiger partial charge on any atom is 0.228 e. The number of thiazole rings is 1. The second-order valence-corrected chi connectivity index (χ2v) is 6.48. The Morgan fingerprint density at radius 1 is 1.43 bits per heavy atom. The summed E-state index contributed by atoms with van der Waals surface area (Å²) in [5, 5.41) is 2.97. The summed E-state index contributed by atoms with van der Waals surface area (Å²) >= 11 is 1.59. The third-order valence-electron chi connectivity index (χ3n) is 3.72. The molecule has 1 aliphatic rings. The average molecular weight is 302 g/mol. The molecule has 6 heteroatoms. The predicted molar refractivity (Wildman–Crippen MR) is 81.3 cm³/mol. The van der Waals surface area contributed by atoms with E-state index in [9.17, 15) is 4.79 Å². The molecule has 0 N–H and O–H groups in total. The van der Waals surface area contributed by atoms with Crippen molar-refractivity contribution >= 4 is 17.2 Å². The summed E-state index contributed by atoms with van der Waals surface area (Å²) in [5.41, 5.74) is 1.85. The number of aromatic nitrogens is 3. The van der Waals surface area contributed by atoms with E-state index in [1.165, 1.54) is 0 Å². The van der Waals surface area contributed by atoms with Crippen LogP contribution in [0.5, 0.6) is 0 Å². The lowest BCUT2D eigenvalue weighted by Crippen LogP contribution is -2.30. The van der Waals surface area contributed by atoms with Crippen molar-refractivity contribution in [2.45, 2.75) is 32.6 Å². The Bertz CT molecular complexity index is 655. The first-order valence-electron chi connectivity index (χ1n) is 7.10. The van der Waals surface area contributed by atoms with Crippen molar-refractivity contribution in [1.29, 1.82) is 0 Å². The van der Waals surface area contributed by atoms with Gasteiger partial charge in [-0.1, -0.05) is 0 Å². The Balaban J connectivity index is 1.62. The monoisotopic (exact) mass is 302 g/mol. The molecule has 1 fully saturated rings. The van der Waals surface area contributed by atoms with Gasteiger partial charge in [-0.2, -0.15) is 0 Å². The molecule has 0 aromatic carbocycles. The van der Waals surface area contributed by atoms with E-state index in [-0.39, 0.29) is 11.8 Å². The van der Waals surface area contributed by atoms with Crippen LogP contribution >= 0.6 is 11.3 Å². The first-order chi connectivity index (χ1) is 10.1. The van der Waals surface area contributed by atoms with E-state index in [0.717, 1.165) is 35.2 Å². The minimum atomic E-state index is 0.149. The summed E-state index contributed by atoms with van der Waals surface area (Å²) in [4.78, 5) is 27.4. The highest BCUT2D eigenvalue weighted by atomic mass is 32.1. The van der Waals surface area contributed by atoms with Crippen LogP contribution in [0.2, 0.25) is 0 Å². The van der Waals surface area contributed by atoms with Gasteiger partial charge in [-0.15, -0.1) is 11.3 Å². The topological polar surface area (TPSA) is 59.0 Å². The third-order valence-corrected chi connectivity index (χ3v) is 4.54. The molecule has 0 aliphatic carbocycles. The van der Waals surface area contributed by atoms with E-state index in [2.05, 4.69) is 15.0 Å².